The molecule has 4 nitrogen and oxygen atoms in total. The van der Waals surface area contributed by atoms with Crippen molar-refractivity contribution >= 4 is 11.9 Å². The summed E-state index contributed by atoms with van der Waals surface area (Å²) in [5.41, 5.74) is 0. The highest BCUT2D eigenvalue weighted by molar-refractivity contribution is 5.85. The van der Waals surface area contributed by atoms with Gasteiger partial charge in [0.05, 0.1) is 11.8 Å². The van der Waals surface area contributed by atoms with E-state index < -0.39 is 11.9 Å². The summed E-state index contributed by atoms with van der Waals surface area (Å²) < 4.78 is 0. The average molecular weight is 279 g/mol. The van der Waals surface area contributed by atoms with E-state index in [9.17, 15) is 14.7 Å². The molecule has 1 heterocycles. The van der Waals surface area contributed by atoms with Gasteiger partial charge in [-0.1, -0.05) is 26.0 Å². The van der Waals surface area contributed by atoms with Gasteiger partial charge in [0.15, 0.2) is 0 Å². The number of amides is 1. The number of carbonyl (C=O) groups is 2. The first kappa shape index (κ1) is 15.1. The lowest BCUT2D eigenvalue weighted by Gasteiger charge is -2.37. The minimum Gasteiger partial charge on any atom is -0.481 e. The van der Waals surface area contributed by atoms with E-state index in [1.165, 1.54) is 0 Å². The molecule has 1 amide bonds. The first-order valence-electron chi connectivity index (χ1n) is 7.67. The molecule has 2 unspecified atom stereocenters. The van der Waals surface area contributed by atoms with Crippen LogP contribution in [0, 0.1) is 23.7 Å². The predicted molar refractivity (Wildman–Crippen MR) is 77.1 cm³/mol. The van der Waals surface area contributed by atoms with Gasteiger partial charge >= 0.3 is 5.97 Å². The Hall–Kier alpha value is -1.32. The van der Waals surface area contributed by atoms with Crippen LogP contribution in [0.4, 0.5) is 0 Å². The number of allylic oxidation sites excluding steroid dienone is 2. The standard InChI is InChI=1S/C16H25NO3/c1-11(2)12-7-9-17(10-8-12)15(18)13-5-3-4-6-14(13)16(19)20/h3-4,11-14H,5-10H2,1-2H3,(H,19,20). The molecule has 112 valence electrons. The first-order chi connectivity index (χ1) is 9.50. The minimum absolute atomic E-state index is 0.0453. The van der Waals surface area contributed by atoms with E-state index in [0.717, 1.165) is 25.9 Å². The van der Waals surface area contributed by atoms with Crippen LogP contribution in [0.3, 0.4) is 0 Å². The largest absolute Gasteiger partial charge is 0.481 e. The molecule has 2 rings (SSSR count). The molecule has 0 radical (unpaired) electrons. The van der Waals surface area contributed by atoms with Gasteiger partial charge in [0.1, 0.15) is 0 Å². The van der Waals surface area contributed by atoms with Gasteiger partial charge in [-0.05, 0) is 37.5 Å². The molecular weight excluding hydrogens is 254 g/mol. The topological polar surface area (TPSA) is 57.6 Å². The number of piperidine rings is 1. The molecular formula is C16H25NO3. The van der Waals surface area contributed by atoms with Crippen LogP contribution >= 0.6 is 0 Å². The van der Waals surface area contributed by atoms with E-state index in [1.807, 2.05) is 17.1 Å². The van der Waals surface area contributed by atoms with Crippen LogP contribution in [-0.2, 0) is 9.59 Å². The van der Waals surface area contributed by atoms with Crippen LogP contribution in [-0.4, -0.2) is 35.0 Å². The van der Waals surface area contributed by atoms with Gasteiger partial charge in [0, 0.05) is 13.1 Å². The van der Waals surface area contributed by atoms with Gasteiger partial charge < -0.3 is 10.0 Å². The maximum absolute atomic E-state index is 12.6. The molecule has 2 atom stereocenters. The van der Waals surface area contributed by atoms with E-state index in [0.29, 0.717) is 24.7 Å². The molecule has 4 heteroatoms. The van der Waals surface area contributed by atoms with Gasteiger partial charge in [0.2, 0.25) is 5.91 Å². The Morgan fingerprint density at radius 1 is 1.10 bits per heavy atom. The Morgan fingerprint density at radius 2 is 1.65 bits per heavy atom. The molecule has 1 aliphatic heterocycles. The number of carbonyl (C=O) groups excluding carboxylic acids is 1. The number of hydrogen-bond donors (Lipinski definition) is 1. The molecule has 0 spiro atoms. The van der Waals surface area contributed by atoms with Crippen molar-refractivity contribution < 1.29 is 14.7 Å². The molecule has 1 aliphatic carbocycles. The molecule has 0 saturated carbocycles. The molecule has 0 aromatic carbocycles. The normalized spacial score (nSPS) is 27.9. The van der Waals surface area contributed by atoms with Crippen LogP contribution in [0.2, 0.25) is 0 Å². The quantitative estimate of drug-likeness (QED) is 0.808. The number of nitrogens with zero attached hydrogens (tertiary/aromatic N) is 1. The average Bonchev–Trinajstić information content (AvgIpc) is 2.46. The third-order valence-electron chi connectivity index (χ3n) is 4.86. The van der Waals surface area contributed by atoms with E-state index in [4.69, 9.17) is 0 Å². The lowest BCUT2D eigenvalue weighted by Crippen LogP contribution is -2.45. The Morgan fingerprint density at radius 3 is 2.15 bits per heavy atom. The number of likely N-dealkylation sites (tertiary alicyclic amines) is 1. The zero-order chi connectivity index (χ0) is 14.7. The maximum atomic E-state index is 12.6. The molecule has 1 saturated heterocycles. The van der Waals surface area contributed by atoms with Gasteiger partial charge in [-0.3, -0.25) is 9.59 Å². The van der Waals surface area contributed by atoms with Crippen molar-refractivity contribution in [1.29, 1.82) is 0 Å². The van der Waals surface area contributed by atoms with Crippen molar-refractivity contribution in [2.75, 3.05) is 13.1 Å². The smallest absolute Gasteiger partial charge is 0.307 e. The predicted octanol–water partition coefficient (Wildman–Crippen LogP) is 2.55. The van der Waals surface area contributed by atoms with Gasteiger partial charge in [-0.2, -0.15) is 0 Å². The van der Waals surface area contributed by atoms with Crippen LogP contribution in [0.1, 0.15) is 39.5 Å². The summed E-state index contributed by atoms with van der Waals surface area (Å²) in [5, 5.41) is 9.27. The second-order valence-corrected chi connectivity index (χ2v) is 6.40. The minimum atomic E-state index is -0.843. The summed E-state index contributed by atoms with van der Waals surface area (Å²) in [7, 11) is 0. The number of carboxylic acid groups (broad SMARTS) is 1. The Balaban J connectivity index is 1.97. The van der Waals surface area contributed by atoms with E-state index >= 15 is 0 Å². The molecule has 0 bridgehead atoms. The number of aliphatic carboxylic acids is 1. The summed E-state index contributed by atoms with van der Waals surface area (Å²) in [6.07, 6.45) is 6.97. The first-order valence-corrected chi connectivity index (χ1v) is 7.67. The van der Waals surface area contributed by atoms with E-state index in [2.05, 4.69) is 13.8 Å². The fourth-order valence-corrected chi connectivity index (χ4v) is 3.38. The summed E-state index contributed by atoms with van der Waals surface area (Å²) >= 11 is 0. The Labute approximate surface area is 120 Å². The number of carboxylic acids is 1. The molecule has 0 aromatic heterocycles. The molecule has 20 heavy (non-hydrogen) atoms. The van der Waals surface area contributed by atoms with Crippen LogP contribution in [0.15, 0.2) is 12.2 Å². The highest BCUT2D eigenvalue weighted by atomic mass is 16.4. The van der Waals surface area contributed by atoms with Crippen LogP contribution in [0.5, 0.6) is 0 Å². The second-order valence-electron chi connectivity index (χ2n) is 6.40. The summed E-state index contributed by atoms with van der Waals surface area (Å²) in [6.45, 7) is 6.03. The summed E-state index contributed by atoms with van der Waals surface area (Å²) in [4.78, 5) is 25.7. The lowest BCUT2D eigenvalue weighted by molar-refractivity contribution is -0.151. The summed E-state index contributed by atoms with van der Waals surface area (Å²) in [5.74, 6) is -0.352. The molecule has 1 fully saturated rings. The Bertz CT molecular complexity index is 395. The van der Waals surface area contributed by atoms with Crippen molar-refractivity contribution in [3.63, 3.8) is 0 Å². The number of rotatable bonds is 3. The summed E-state index contributed by atoms with van der Waals surface area (Å²) in [6, 6.07) is 0. The third kappa shape index (κ3) is 3.22. The molecule has 0 aromatic rings. The van der Waals surface area contributed by atoms with E-state index in [1.54, 1.807) is 0 Å². The third-order valence-corrected chi connectivity index (χ3v) is 4.86. The monoisotopic (exact) mass is 279 g/mol. The lowest BCUT2D eigenvalue weighted by atomic mass is 9.81. The van der Waals surface area contributed by atoms with Crippen molar-refractivity contribution in [2.24, 2.45) is 23.7 Å². The van der Waals surface area contributed by atoms with E-state index in [-0.39, 0.29) is 11.8 Å². The van der Waals surface area contributed by atoms with Gasteiger partial charge in [0.25, 0.3) is 0 Å². The van der Waals surface area contributed by atoms with Crippen LogP contribution < -0.4 is 0 Å². The SMILES string of the molecule is CC(C)C1CCN(C(=O)C2CC=CCC2C(=O)O)CC1. The van der Waals surface area contributed by atoms with Crippen molar-refractivity contribution in [3.05, 3.63) is 12.2 Å². The second kappa shape index (κ2) is 6.42. The highest BCUT2D eigenvalue weighted by Gasteiger charge is 2.37. The number of hydrogen-bond acceptors (Lipinski definition) is 2. The van der Waals surface area contributed by atoms with Crippen molar-refractivity contribution in [2.45, 2.75) is 39.5 Å². The molecule has 1 N–H and O–H groups in total. The zero-order valence-corrected chi connectivity index (χ0v) is 12.4. The van der Waals surface area contributed by atoms with Crippen LogP contribution in [0.25, 0.3) is 0 Å². The zero-order valence-electron chi connectivity index (χ0n) is 12.4. The maximum Gasteiger partial charge on any atom is 0.307 e. The Kier molecular flexibility index (Phi) is 4.84. The fourth-order valence-electron chi connectivity index (χ4n) is 3.38. The van der Waals surface area contributed by atoms with Gasteiger partial charge in [-0.25, -0.2) is 0 Å². The highest BCUT2D eigenvalue weighted by Crippen LogP contribution is 2.30. The van der Waals surface area contributed by atoms with Gasteiger partial charge in [-0.15, -0.1) is 0 Å². The fraction of sp³-hybridized carbons (Fsp3) is 0.750. The molecule has 2 aliphatic rings. The van der Waals surface area contributed by atoms with Crippen molar-refractivity contribution in [3.8, 4) is 0 Å². The van der Waals surface area contributed by atoms with Crippen molar-refractivity contribution in [1.82, 2.24) is 4.90 Å².